The zero-order chi connectivity index (χ0) is 11.1. The SMILES string of the molecule is CCCCC(C)(C)CCc1ccccn1. The molecular weight excluding hydrogens is 182 g/mol. The smallest absolute Gasteiger partial charge is 0.0403 e. The fourth-order valence-corrected chi connectivity index (χ4v) is 1.79. The van der Waals surface area contributed by atoms with Crippen molar-refractivity contribution in [3.8, 4) is 0 Å². The summed E-state index contributed by atoms with van der Waals surface area (Å²) >= 11 is 0. The molecule has 0 spiro atoms. The summed E-state index contributed by atoms with van der Waals surface area (Å²) in [5.41, 5.74) is 1.69. The van der Waals surface area contributed by atoms with Gasteiger partial charge in [0, 0.05) is 11.9 Å². The van der Waals surface area contributed by atoms with Crippen LogP contribution >= 0.6 is 0 Å². The fraction of sp³-hybridized carbons (Fsp3) is 0.643. The molecule has 0 N–H and O–H groups in total. The maximum atomic E-state index is 4.36. The van der Waals surface area contributed by atoms with Crippen molar-refractivity contribution in [1.29, 1.82) is 0 Å². The van der Waals surface area contributed by atoms with Crippen molar-refractivity contribution in [2.45, 2.75) is 52.9 Å². The Labute approximate surface area is 93.9 Å². The first-order valence-electron chi connectivity index (χ1n) is 6.04. The third-order valence-corrected chi connectivity index (χ3v) is 2.99. The molecule has 1 heteroatoms. The van der Waals surface area contributed by atoms with E-state index in [2.05, 4.69) is 37.9 Å². The lowest BCUT2D eigenvalue weighted by Gasteiger charge is -2.24. The number of aromatic nitrogens is 1. The highest BCUT2D eigenvalue weighted by atomic mass is 14.7. The number of pyridine rings is 1. The first kappa shape index (κ1) is 12.2. The summed E-state index contributed by atoms with van der Waals surface area (Å²) in [6, 6.07) is 6.17. The Bertz CT molecular complexity index is 264. The first-order valence-corrected chi connectivity index (χ1v) is 6.04. The van der Waals surface area contributed by atoms with E-state index >= 15 is 0 Å². The van der Waals surface area contributed by atoms with Gasteiger partial charge in [-0.2, -0.15) is 0 Å². The van der Waals surface area contributed by atoms with Gasteiger partial charge >= 0.3 is 0 Å². The monoisotopic (exact) mass is 205 g/mol. The third-order valence-electron chi connectivity index (χ3n) is 2.99. The molecule has 0 aliphatic rings. The Hall–Kier alpha value is -0.850. The van der Waals surface area contributed by atoms with E-state index in [1.165, 1.54) is 31.4 Å². The molecule has 1 aromatic heterocycles. The quantitative estimate of drug-likeness (QED) is 0.677. The van der Waals surface area contributed by atoms with Crippen LogP contribution in [0.4, 0.5) is 0 Å². The molecule has 0 atom stereocenters. The van der Waals surface area contributed by atoms with Gasteiger partial charge < -0.3 is 0 Å². The summed E-state index contributed by atoms with van der Waals surface area (Å²) in [6.45, 7) is 6.99. The summed E-state index contributed by atoms with van der Waals surface area (Å²) in [5.74, 6) is 0. The lowest BCUT2D eigenvalue weighted by atomic mass is 9.82. The second-order valence-corrected chi connectivity index (χ2v) is 5.09. The van der Waals surface area contributed by atoms with Crippen molar-refractivity contribution in [2.24, 2.45) is 5.41 Å². The van der Waals surface area contributed by atoms with Crippen LogP contribution in [-0.2, 0) is 6.42 Å². The number of hydrogen-bond donors (Lipinski definition) is 0. The predicted molar refractivity (Wildman–Crippen MR) is 65.9 cm³/mol. The van der Waals surface area contributed by atoms with E-state index in [1.54, 1.807) is 0 Å². The number of aryl methyl sites for hydroxylation is 1. The van der Waals surface area contributed by atoms with Crippen molar-refractivity contribution < 1.29 is 0 Å². The van der Waals surface area contributed by atoms with Crippen molar-refractivity contribution in [3.05, 3.63) is 30.1 Å². The largest absolute Gasteiger partial charge is 0.261 e. The van der Waals surface area contributed by atoms with Crippen molar-refractivity contribution in [2.75, 3.05) is 0 Å². The van der Waals surface area contributed by atoms with Gasteiger partial charge in [-0.15, -0.1) is 0 Å². The Balaban J connectivity index is 2.35. The molecule has 84 valence electrons. The van der Waals surface area contributed by atoms with Crippen molar-refractivity contribution in [3.63, 3.8) is 0 Å². The molecule has 1 rings (SSSR count). The molecule has 0 saturated heterocycles. The number of hydrogen-bond acceptors (Lipinski definition) is 1. The molecule has 1 nitrogen and oxygen atoms in total. The zero-order valence-electron chi connectivity index (χ0n) is 10.3. The highest BCUT2D eigenvalue weighted by Gasteiger charge is 2.16. The Morgan fingerprint density at radius 2 is 2.00 bits per heavy atom. The van der Waals surface area contributed by atoms with Crippen LogP contribution in [0.3, 0.4) is 0 Å². The molecule has 0 aliphatic heterocycles. The highest BCUT2D eigenvalue weighted by molar-refractivity contribution is 5.03. The maximum Gasteiger partial charge on any atom is 0.0403 e. The maximum absolute atomic E-state index is 4.36. The normalized spacial score (nSPS) is 11.7. The molecular formula is C14H23N. The van der Waals surface area contributed by atoms with Gasteiger partial charge in [-0.25, -0.2) is 0 Å². The van der Waals surface area contributed by atoms with E-state index in [1.807, 2.05) is 12.3 Å². The summed E-state index contributed by atoms with van der Waals surface area (Å²) in [4.78, 5) is 4.36. The van der Waals surface area contributed by atoms with Crippen molar-refractivity contribution in [1.82, 2.24) is 4.98 Å². The molecule has 0 aromatic carbocycles. The Kier molecular flexibility index (Phi) is 4.80. The molecule has 0 amide bonds. The van der Waals surface area contributed by atoms with E-state index in [4.69, 9.17) is 0 Å². The van der Waals surface area contributed by atoms with Gasteiger partial charge in [0.1, 0.15) is 0 Å². The van der Waals surface area contributed by atoms with Crippen LogP contribution in [0.25, 0.3) is 0 Å². The highest BCUT2D eigenvalue weighted by Crippen LogP contribution is 2.28. The Morgan fingerprint density at radius 3 is 2.60 bits per heavy atom. The van der Waals surface area contributed by atoms with Crippen LogP contribution in [0.5, 0.6) is 0 Å². The molecule has 1 heterocycles. The molecule has 0 saturated carbocycles. The van der Waals surface area contributed by atoms with Crippen LogP contribution in [-0.4, -0.2) is 4.98 Å². The van der Waals surface area contributed by atoms with Gasteiger partial charge in [-0.1, -0.05) is 39.7 Å². The number of rotatable bonds is 6. The van der Waals surface area contributed by atoms with Gasteiger partial charge in [0.05, 0.1) is 0 Å². The van der Waals surface area contributed by atoms with E-state index in [0.717, 1.165) is 6.42 Å². The van der Waals surface area contributed by atoms with Crippen molar-refractivity contribution >= 4 is 0 Å². The Morgan fingerprint density at radius 1 is 1.20 bits per heavy atom. The molecule has 0 bridgehead atoms. The first-order chi connectivity index (χ1) is 7.14. The summed E-state index contributed by atoms with van der Waals surface area (Å²) in [7, 11) is 0. The summed E-state index contributed by atoms with van der Waals surface area (Å²) in [6.07, 6.45) is 8.20. The minimum absolute atomic E-state index is 0.466. The van der Waals surface area contributed by atoms with E-state index in [0.29, 0.717) is 5.41 Å². The standard InChI is InChI=1S/C14H23N/c1-4-5-10-14(2,3)11-9-13-8-6-7-12-15-13/h6-8,12H,4-5,9-11H2,1-3H3. The van der Waals surface area contributed by atoms with Gasteiger partial charge in [-0.05, 0) is 36.8 Å². The number of nitrogens with zero attached hydrogens (tertiary/aromatic N) is 1. The average Bonchev–Trinajstić information content (AvgIpc) is 2.25. The van der Waals surface area contributed by atoms with E-state index in [9.17, 15) is 0 Å². The lowest BCUT2D eigenvalue weighted by molar-refractivity contribution is 0.297. The third kappa shape index (κ3) is 4.96. The molecule has 0 unspecified atom stereocenters. The molecule has 1 aromatic rings. The van der Waals surface area contributed by atoms with Crippen LogP contribution in [0.15, 0.2) is 24.4 Å². The second kappa shape index (κ2) is 5.89. The van der Waals surface area contributed by atoms with Gasteiger partial charge in [0.2, 0.25) is 0 Å². The predicted octanol–water partition coefficient (Wildman–Crippen LogP) is 4.23. The minimum Gasteiger partial charge on any atom is -0.261 e. The van der Waals surface area contributed by atoms with Crippen LogP contribution in [0.1, 0.15) is 52.1 Å². The van der Waals surface area contributed by atoms with E-state index < -0.39 is 0 Å². The fourth-order valence-electron chi connectivity index (χ4n) is 1.79. The molecule has 0 radical (unpaired) electrons. The summed E-state index contributed by atoms with van der Waals surface area (Å²) in [5, 5.41) is 0. The minimum atomic E-state index is 0.466. The van der Waals surface area contributed by atoms with Crippen LogP contribution < -0.4 is 0 Å². The van der Waals surface area contributed by atoms with Gasteiger partial charge in [-0.3, -0.25) is 4.98 Å². The number of unbranched alkanes of at least 4 members (excludes halogenated alkanes) is 1. The van der Waals surface area contributed by atoms with Crippen LogP contribution in [0, 0.1) is 5.41 Å². The topological polar surface area (TPSA) is 12.9 Å². The average molecular weight is 205 g/mol. The second-order valence-electron chi connectivity index (χ2n) is 5.09. The molecule has 0 fully saturated rings. The molecule has 15 heavy (non-hydrogen) atoms. The van der Waals surface area contributed by atoms with Gasteiger partial charge in [0.25, 0.3) is 0 Å². The zero-order valence-corrected chi connectivity index (χ0v) is 10.3. The molecule has 0 aliphatic carbocycles. The van der Waals surface area contributed by atoms with E-state index in [-0.39, 0.29) is 0 Å². The lowest BCUT2D eigenvalue weighted by Crippen LogP contribution is -2.12. The van der Waals surface area contributed by atoms with Crippen LogP contribution in [0.2, 0.25) is 0 Å². The van der Waals surface area contributed by atoms with Gasteiger partial charge in [0.15, 0.2) is 0 Å². The summed E-state index contributed by atoms with van der Waals surface area (Å²) < 4.78 is 0.